The number of amides is 2. The number of aryl methyl sites for hydroxylation is 1. The Morgan fingerprint density at radius 1 is 1.22 bits per heavy atom. The molecule has 5 heteroatoms. The molecule has 3 rings (SSSR count). The quantitative estimate of drug-likeness (QED) is 0.801. The van der Waals surface area contributed by atoms with E-state index in [1.807, 2.05) is 11.0 Å². The van der Waals surface area contributed by atoms with Gasteiger partial charge in [0, 0.05) is 32.1 Å². The van der Waals surface area contributed by atoms with Crippen molar-refractivity contribution in [2.45, 2.75) is 64.6 Å². The number of rotatable bonds is 7. The van der Waals surface area contributed by atoms with Gasteiger partial charge in [-0.3, -0.25) is 14.5 Å². The molecule has 2 fully saturated rings. The fourth-order valence-electron chi connectivity index (χ4n) is 4.57. The maximum atomic E-state index is 13.2. The first kappa shape index (κ1) is 19.9. The number of hydrogen-bond donors (Lipinski definition) is 1. The lowest BCUT2D eigenvalue weighted by Crippen LogP contribution is -2.60. The van der Waals surface area contributed by atoms with Crippen LogP contribution in [0.25, 0.3) is 0 Å². The van der Waals surface area contributed by atoms with Crippen LogP contribution in [0.5, 0.6) is 0 Å². The topological polar surface area (TPSA) is 52.7 Å². The molecule has 27 heavy (non-hydrogen) atoms. The minimum absolute atomic E-state index is 0.00857. The van der Waals surface area contributed by atoms with Crippen LogP contribution >= 0.6 is 0 Å². The second kappa shape index (κ2) is 8.87. The Balaban J connectivity index is 1.64. The first-order valence-corrected chi connectivity index (χ1v) is 10.3. The number of carbonyl (C=O) groups excluding carboxylic acids is 2. The SMILES string of the molecule is CC(=O)NC1CC2CN(CCCc3ccccc3)C(CC(C)C)C(=O)N2C1. The third kappa shape index (κ3) is 5.10. The van der Waals surface area contributed by atoms with Gasteiger partial charge in [-0.25, -0.2) is 0 Å². The molecular formula is C22H33N3O2. The summed E-state index contributed by atoms with van der Waals surface area (Å²) in [6.45, 7) is 8.46. The van der Waals surface area contributed by atoms with Gasteiger partial charge in [-0.1, -0.05) is 44.2 Å². The monoisotopic (exact) mass is 371 g/mol. The molecule has 0 radical (unpaired) electrons. The molecule has 0 aliphatic carbocycles. The average Bonchev–Trinajstić information content (AvgIpc) is 3.00. The Bertz CT molecular complexity index is 646. The molecule has 1 N–H and O–H groups in total. The molecule has 2 heterocycles. The minimum Gasteiger partial charge on any atom is -0.352 e. The molecule has 2 aliphatic rings. The van der Waals surface area contributed by atoms with Crippen molar-refractivity contribution < 1.29 is 9.59 Å². The van der Waals surface area contributed by atoms with E-state index in [2.05, 4.69) is 48.3 Å². The van der Waals surface area contributed by atoms with Crippen molar-refractivity contribution >= 4 is 11.8 Å². The summed E-state index contributed by atoms with van der Waals surface area (Å²) in [6, 6.07) is 10.9. The highest BCUT2D eigenvalue weighted by atomic mass is 16.2. The standard InChI is InChI=1S/C22H33N3O2/c1-16(2)12-21-22(27)25-14-19(23-17(3)26)13-20(25)15-24(21)11-7-10-18-8-5-4-6-9-18/h4-6,8-9,16,19-21H,7,10-15H2,1-3H3,(H,23,26). The number of hydrogen-bond acceptors (Lipinski definition) is 3. The predicted molar refractivity (Wildman–Crippen MR) is 107 cm³/mol. The van der Waals surface area contributed by atoms with Crippen LogP contribution in [0.2, 0.25) is 0 Å². The van der Waals surface area contributed by atoms with E-state index in [9.17, 15) is 9.59 Å². The summed E-state index contributed by atoms with van der Waals surface area (Å²) < 4.78 is 0. The molecule has 1 aromatic carbocycles. The van der Waals surface area contributed by atoms with Gasteiger partial charge in [0.2, 0.25) is 11.8 Å². The summed E-state index contributed by atoms with van der Waals surface area (Å²) in [4.78, 5) is 29.0. The number of piperazine rings is 1. The molecule has 2 aliphatic heterocycles. The van der Waals surface area contributed by atoms with Crippen molar-refractivity contribution in [2.75, 3.05) is 19.6 Å². The van der Waals surface area contributed by atoms with Crippen LogP contribution in [0, 0.1) is 5.92 Å². The third-order valence-corrected chi connectivity index (χ3v) is 5.72. The number of fused-ring (bicyclic) bond motifs is 1. The Morgan fingerprint density at radius 3 is 2.63 bits per heavy atom. The van der Waals surface area contributed by atoms with Crippen molar-refractivity contribution in [3.8, 4) is 0 Å². The summed E-state index contributed by atoms with van der Waals surface area (Å²) >= 11 is 0. The lowest BCUT2D eigenvalue weighted by atomic mass is 9.96. The van der Waals surface area contributed by atoms with Crippen molar-refractivity contribution in [3.05, 3.63) is 35.9 Å². The van der Waals surface area contributed by atoms with Crippen LogP contribution in [0.3, 0.4) is 0 Å². The highest BCUT2D eigenvalue weighted by molar-refractivity contribution is 5.83. The van der Waals surface area contributed by atoms with E-state index in [4.69, 9.17) is 0 Å². The zero-order chi connectivity index (χ0) is 19.4. The van der Waals surface area contributed by atoms with Crippen LogP contribution in [0.15, 0.2) is 30.3 Å². The number of nitrogens with one attached hydrogen (secondary N) is 1. The minimum atomic E-state index is -0.0203. The molecule has 5 nitrogen and oxygen atoms in total. The van der Waals surface area contributed by atoms with Crippen LogP contribution in [0.4, 0.5) is 0 Å². The Kier molecular flexibility index (Phi) is 6.53. The number of nitrogens with zero attached hydrogens (tertiary/aromatic N) is 2. The van der Waals surface area contributed by atoms with E-state index in [1.165, 1.54) is 5.56 Å². The van der Waals surface area contributed by atoms with Crippen molar-refractivity contribution in [2.24, 2.45) is 5.92 Å². The molecule has 3 atom stereocenters. The number of carbonyl (C=O) groups is 2. The van der Waals surface area contributed by atoms with Gasteiger partial charge in [0.15, 0.2) is 0 Å². The maximum Gasteiger partial charge on any atom is 0.240 e. The highest BCUT2D eigenvalue weighted by Crippen LogP contribution is 2.29. The summed E-state index contributed by atoms with van der Waals surface area (Å²) in [6.07, 6.45) is 3.88. The first-order valence-electron chi connectivity index (χ1n) is 10.3. The first-order chi connectivity index (χ1) is 12.9. The summed E-state index contributed by atoms with van der Waals surface area (Å²) in [7, 11) is 0. The Labute approximate surface area is 163 Å². The van der Waals surface area contributed by atoms with Gasteiger partial charge >= 0.3 is 0 Å². The molecule has 2 saturated heterocycles. The smallest absolute Gasteiger partial charge is 0.240 e. The van der Waals surface area contributed by atoms with Crippen molar-refractivity contribution in [3.63, 3.8) is 0 Å². The van der Waals surface area contributed by atoms with E-state index >= 15 is 0 Å². The second-order valence-corrected chi connectivity index (χ2v) is 8.51. The van der Waals surface area contributed by atoms with Crippen LogP contribution in [-0.2, 0) is 16.0 Å². The second-order valence-electron chi connectivity index (χ2n) is 8.51. The van der Waals surface area contributed by atoms with Gasteiger partial charge in [0.25, 0.3) is 0 Å². The largest absolute Gasteiger partial charge is 0.352 e. The summed E-state index contributed by atoms with van der Waals surface area (Å²) in [5, 5.41) is 3.00. The van der Waals surface area contributed by atoms with Gasteiger partial charge in [-0.2, -0.15) is 0 Å². The third-order valence-electron chi connectivity index (χ3n) is 5.72. The van der Waals surface area contributed by atoms with E-state index in [-0.39, 0.29) is 29.9 Å². The van der Waals surface area contributed by atoms with Gasteiger partial charge in [0.05, 0.1) is 6.04 Å². The molecule has 0 bridgehead atoms. The predicted octanol–water partition coefficient (Wildman–Crippen LogP) is 2.46. The summed E-state index contributed by atoms with van der Waals surface area (Å²) in [5.74, 6) is 0.735. The van der Waals surface area contributed by atoms with Gasteiger partial charge in [0.1, 0.15) is 0 Å². The lowest BCUT2D eigenvalue weighted by molar-refractivity contribution is -0.144. The average molecular weight is 372 g/mol. The summed E-state index contributed by atoms with van der Waals surface area (Å²) in [5.41, 5.74) is 1.36. The lowest BCUT2D eigenvalue weighted by Gasteiger charge is -2.43. The maximum absolute atomic E-state index is 13.2. The molecule has 3 unspecified atom stereocenters. The highest BCUT2D eigenvalue weighted by Gasteiger charge is 2.45. The zero-order valence-corrected chi connectivity index (χ0v) is 16.9. The van der Waals surface area contributed by atoms with Crippen LogP contribution < -0.4 is 5.32 Å². The molecule has 0 saturated carbocycles. The Hall–Kier alpha value is -1.88. The van der Waals surface area contributed by atoms with Crippen molar-refractivity contribution in [1.29, 1.82) is 0 Å². The molecule has 0 aromatic heterocycles. The fourth-order valence-corrected chi connectivity index (χ4v) is 4.57. The molecule has 2 amide bonds. The van der Waals surface area contributed by atoms with E-state index in [0.717, 1.165) is 38.8 Å². The van der Waals surface area contributed by atoms with Crippen LogP contribution in [-0.4, -0.2) is 59.4 Å². The fraction of sp³-hybridized carbons (Fsp3) is 0.636. The molecule has 0 spiro atoms. The van der Waals surface area contributed by atoms with Gasteiger partial charge in [-0.05, 0) is 43.7 Å². The molecular weight excluding hydrogens is 338 g/mol. The zero-order valence-electron chi connectivity index (χ0n) is 16.9. The van der Waals surface area contributed by atoms with Gasteiger partial charge in [-0.15, -0.1) is 0 Å². The Morgan fingerprint density at radius 2 is 1.96 bits per heavy atom. The van der Waals surface area contributed by atoms with Crippen molar-refractivity contribution in [1.82, 2.24) is 15.1 Å². The normalized spacial score (nSPS) is 25.7. The number of benzene rings is 1. The van der Waals surface area contributed by atoms with E-state index < -0.39 is 0 Å². The van der Waals surface area contributed by atoms with E-state index in [0.29, 0.717) is 12.5 Å². The molecule has 1 aromatic rings. The van der Waals surface area contributed by atoms with Crippen LogP contribution in [0.1, 0.15) is 45.6 Å². The van der Waals surface area contributed by atoms with Gasteiger partial charge < -0.3 is 10.2 Å². The molecule has 148 valence electrons. The van der Waals surface area contributed by atoms with E-state index in [1.54, 1.807) is 6.92 Å².